The van der Waals surface area contributed by atoms with E-state index < -0.39 is 0 Å². The predicted octanol–water partition coefficient (Wildman–Crippen LogP) is 3.34. The van der Waals surface area contributed by atoms with E-state index in [-0.39, 0.29) is 0 Å². The zero-order chi connectivity index (χ0) is 12.3. The summed E-state index contributed by atoms with van der Waals surface area (Å²) in [4.78, 5) is 6.93. The summed E-state index contributed by atoms with van der Waals surface area (Å²) >= 11 is 0. The first-order valence-corrected chi connectivity index (χ1v) is 6.68. The molecule has 0 unspecified atom stereocenters. The second-order valence-electron chi connectivity index (χ2n) is 6.24. The van der Waals surface area contributed by atoms with Crippen LogP contribution in [0.1, 0.15) is 39.3 Å². The van der Waals surface area contributed by atoms with Gasteiger partial charge in [0.25, 0.3) is 0 Å². The number of nitrogens with zero attached hydrogens (tertiary/aromatic N) is 2. The first-order chi connectivity index (χ1) is 8.05. The van der Waals surface area contributed by atoms with E-state index in [0.717, 1.165) is 12.5 Å². The Bertz CT molecular complexity index is 332. The second kappa shape index (κ2) is 5.18. The second-order valence-corrected chi connectivity index (χ2v) is 6.24. The van der Waals surface area contributed by atoms with E-state index >= 15 is 0 Å². The van der Waals surface area contributed by atoms with Crippen LogP contribution in [0.4, 0.5) is 0 Å². The van der Waals surface area contributed by atoms with Gasteiger partial charge in [-0.2, -0.15) is 0 Å². The van der Waals surface area contributed by atoms with E-state index in [1.165, 1.54) is 31.6 Å². The fourth-order valence-corrected chi connectivity index (χ4v) is 2.68. The van der Waals surface area contributed by atoms with Gasteiger partial charge >= 0.3 is 0 Å². The van der Waals surface area contributed by atoms with Crippen LogP contribution in [0.25, 0.3) is 0 Å². The summed E-state index contributed by atoms with van der Waals surface area (Å²) in [6.07, 6.45) is 4.55. The molecule has 0 saturated carbocycles. The Kier molecular flexibility index (Phi) is 3.82. The molecule has 0 N–H and O–H groups in total. The molecule has 2 nitrogen and oxygen atoms in total. The molecule has 0 radical (unpaired) electrons. The summed E-state index contributed by atoms with van der Waals surface area (Å²) in [5.74, 6) is 0.877. The van der Waals surface area contributed by atoms with Crippen LogP contribution in [0, 0.1) is 11.3 Å². The minimum absolute atomic E-state index is 0.469. The summed E-state index contributed by atoms with van der Waals surface area (Å²) in [5.41, 5.74) is 1.67. The average molecular weight is 232 g/mol. The van der Waals surface area contributed by atoms with Gasteiger partial charge in [-0.05, 0) is 49.4 Å². The lowest BCUT2D eigenvalue weighted by molar-refractivity contribution is 0.107. The summed E-state index contributed by atoms with van der Waals surface area (Å²) in [6, 6.07) is 6.18. The van der Waals surface area contributed by atoms with Gasteiger partial charge in [0, 0.05) is 12.7 Å². The van der Waals surface area contributed by atoms with Gasteiger partial charge in [-0.25, -0.2) is 0 Å². The van der Waals surface area contributed by atoms with E-state index in [0.29, 0.717) is 5.41 Å². The monoisotopic (exact) mass is 232 g/mol. The van der Waals surface area contributed by atoms with Crippen LogP contribution in [0.5, 0.6) is 0 Å². The molecule has 2 rings (SSSR count). The van der Waals surface area contributed by atoms with Gasteiger partial charge in [0.1, 0.15) is 0 Å². The zero-order valence-corrected chi connectivity index (χ0v) is 11.3. The van der Waals surface area contributed by atoms with Gasteiger partial charge in [0.05, 0.1) is 5.69 Å². The number of piperidine rings is 1. The van der Waals surface area contributed by atoms with Crippen LogP contribution in [-0.4, -0.2) is 23.0 Å². The molecule has 0 spiro atoms. The molecule has 1 fully saturated rings. The fraction of sp³-hybridized carbons (Fsp3) is 0.667. The maximum atomic E-state index is 4.40. The highest BCUT2D eigenvalue weighted by Crippen LogP contribution is 2.34. The summed E-state index contributed by atoms with van der Waals surface area (Å²) in [5, 5.41) is 0. The minimum atomic E-state index is 0.469. The van der Waals surface area contributed by atoms with Crippen LogP contribution < -0.4 is 0 Å². The van der Waals surface area contributed by atoms with Crippen molar-refractivity contribution in [2.75, 3.05) is 13.1 Å². The first-order valence-electron chi connectivity index (χ1n) is 6.68. The number of aromatic nitrogens is 1. The molecule has 1 aliphatic rings. The Morgan fingerprint density at radius 1 is 1.24 bits per heavy atom. The summed E-state index contributed by atoms with van der Waals surface area (Å²) < 4.78 is 0. The van der Waals surface area contributed by atoms with Crippen LogP contribution in [-0.2, 0) is 6.54 Å². The Labute approximate surface area is 105 Å². The molecule has 0 aromatic carbocycles. The van der Waals surface area contributed by atoms with Gasteiger partial charge in [-0.15, -0.1) is 0 Å². The van der Waals surface area contributed by atoms with Crippen molar-refractivity contribution in [3.05, 3.63) is 30.1 Å². The smallest absolute Gasteiger partial charge is 0.0543 e. The predicted molar refractivity (Wildman–Crippen MR) is 71.7 cm³/mol. The Hall–Kier alpha value is -0.890. The topological polar surface area (TPSA) is 16.1 Å². The van der Waals surface area contributed by atoms with E-state index in [4.69, 9.17) is 0 Å². The molecule has 94 valence electrons. The van der Waals surface area contributed by atoms with Crippen molar-refractivity contribution in [2.24, 2.45) is 11.3 Å². The van der Waals surface area contributed by atoms with E-state index in [1.807, 2.05) is 12.3 Å². The normalized spacial score (nSPS) is 19.5. The molecule has 1 aromatic heterocycles. The highest BCUT2D eigenvalue weighted by atomic mass is 15.1. The molecule has 1 aromatic rings. The van der Waals surface area contributed by atoms with Crippen molar-refractivity contribution >= 4 is 0 Å². The maximum Gasteiger partial charge on any atom is 0.0543 e. The van der Waals surface area contributed by atoms with Crippen LogP contribution in [0.3, 0.4) is 0 Å². The molecule has 0 amide bonds. The minimum Gasteiger partial charge on any atom is -0.297 e. The fourth-order valence-electron chi connectivity index (χ4n) is 2.68. The Balaban J connectivity index is 1.84. The molecule has 2 heterocycles. The Morgan fingerprint density at radius 2 is 1.94 bits per heavy atom. The first kappa shape index (κ1) is 12.6. The standard InChI is InChI=1S/C15H24N2/c1-15(2,3)13-7-10-17(11-8-13)12-14-6-4-5-9-16-14/h4-6,9,13H,7-8,10-12H2,1-3H3. The molecule has 1 saturated heterocycles. The third-order valence-corrected chi connectivity index (χ3v) is 3.92. The molecule has 0 bridgehead atoms. The lowest BCUT2D eigenvalue weighted by Gasteiger charge is -2.38. The van der Waals surface area contributed by atoms with Crippen LogP contribution in [0.15, 0.2) is 24.4 Å². The van der Waals surface area contributed by atoms with Crippen molar-refractivity contribution in [1.29, 1.82) is 0 Å². The Morgan fingerprint density at radius 3 is 2.47 bits per heavy atom. The number of pyridine rings is 1. The third kappa shape index (κ3) is 3.53. The largest absolute Gasteiger partial charge is 0.297 e. The quantitative estimate of drug-likeness (QED) is 0.777. The average Bonchev–Trinajstić information content (AvgIpc) is 2.30. The molecule has 2 heteroatoms. The number of hydrogen-bond acceptors (Lipinski definition) is 2. The van der Waals surface area contributed by atoms with Crippen LogP contribution >= 0.6 is 0 Å². The van der Waals surface area contributed by atoms with Gasteiger partial charge < -0.3 is 0 Å². The third-order valence-electron chi connectivity index (χ3n) is 3.92. The van der Waals surface area contributed by atoms with Gasteiger partial charge in [0.2, 0.25) is 0 Å². The van der Waals surface area contributed by atoms with E-state index in [1.54, 1.807) is 0 Å². The van der Waals surface area contributed by atoms with Gasteiger partial charge in [-0.1, -0.05) is 26.8 Å². The van der Waals surface area contributed by atoms with Crippen molar-refractivity contribution in [3.8, 4) is 0 Å². The lowest BCUT2D eigenvalue weighted by atomic mass is 9.75. The van der Waals surface area contributed by atoms with Gasteiger partial charge in [-0.3, -0.25) is 9.88 Å². The number of likely N-dealkylation sites (tertiary alicyclic amines) is 1. The van der Waals surface area contributed by atoms with Crippen molar-refractivity contribution in [1.82, 2.24) is 9.88 Å². The van der Waals surface area contributed by atoms with E-state index in [2.05, 4.69) is 42.8 Å². The van der Waals surface area contributed by atoms with E-state index in [9.17, 15) is 0 Å². The zero-order valence-electron chi connectivity index (χ0n) is 11.3. The molecular formula is C15H24N2. The van der Waals surface area contributed by atoms with Crippen molar-refractivity contribution in [3.63, 3.8) is 0 Å². The van der Waals surface area contributed by atoms with Crippen molar-refractivity contribution < 1.29 is 0 Å². The number of hydrogen-bond donors (Lipinski definition) is 0. The van der Waals surface area contributed by atoms with Gasteiger partial charge in [0.15, 0.2) is 0 Å². The highest BCUT2D eigenvalue weighted by molar-refractivity contribution is 5.03. The van der Waals surface area contributed by atoms with Crippen molar-refractivity contribution in [2.45, 2.75) is 40.2 Å². The van der Waals surface area contributed by atoms with Crippen LogP contribution in [0.2, 0.25) is 0 Å². The SMILES string of the molecule is CC(C)(C)C1CCN(Cc2ccccn2)CC1. The molecule has 17 heavy (non-hydrogen) atoms. The number of rotatable bonds is 2. The maximum absolute atomic E-state index is 4.40. The molecule has 1 aliphatic heterocycles. The molecular weight excluding hydrogens is 208 g/mol. The summed E-state index contributed by atoms with van der Waals surface area (Å²) in [6.45, 7) is 10.6. The molecule has 0 aliphatic carbocycles. The highest BCUT2D eigenvalue weighted by Gasteiger charge is 2.28. The summed E-state index contributed by atoms with van der Waals surface area (Å²) in [7, 11) is 0. The molecule has 0 atom stereocenters. The lowest BCUT2D eigenvalue weighted by Crippen LogP contribution is -2.37.